The Morgan fingerprint density at radius 1 is 1.14 bits per heavy atom. The molecular weight excluding hydrogens is 522 g/mol. The molecule has 1 heterocycles. The van der Waals surface area contributed by atoms with E-state index in [0.717, 1.165) is 21.8 Å². The lowest BCUT2D eigenvalue weighted by Gasteiger charge is -2.15. The van der Waals surface area contributed by atoms with Gasteiger partial charge in [0.25, 0.3) is 10.0 Å². The molecule has 0 spiro atoms. The molecule has 1 saturated carbocycles. The maximum Gasteiger partial charge on any atom is 0.325 e. The first-order valence-corrected chi connectivity index (χ1v) is 13.9. The largest absolute Gasteiger partial charge is 0.480 e. The highest BCUT2D eigenvalue weighted by atomic mass is 35.5. The van der Waals surface area contributed by atoms with Crippen molar-refractivity contribution in [3.63, 3.8) is 0 Å². The van der Waals surface area contributed by atoms with Crippen molar-refractivity contribution in [2.24, 2.45) is 0 Å². The van der Waals surface area contributed by atoms with E-state index in [2.05, 4.69) is 10.0 Å². The predicted molar refractivity (Wildman–Crippen MR) is 141 cm³/mol. The number of hydrogen-bond donors (Lipinski definition) is 3. The van der Waals surface area contributed by atoms with Gasteiger partial charge in [0.2, 0.25) is 5.91 Å². The molecule has 36 heavy (non-hydrogen) atoms. The summed E-state index contributed by atoms with van der Waals surface area (Å²) in [7, 11) is -0.340. The number of nitrogens with zero attached hydrogens (tertiary/aromatic N) is 1. The number of halogens is 1. The van der Waals surface area contributed by atoms with Crippen molar-refractivity contribution in [3.05, 3.63) is 71.2 Å². The van der Waals surface area contributed by atoms with Crippen molar-refractivity contribution < 1.29 is 23.1 Å². The van der Waals surface area contributed by atoms with Crippen LogP contribution in [-0.2, 0) is 19.6 Å². The summed E-state index contributed by atoms with van der Waals surface area (Å²) in [6, 6.07) is 17.0. The topological polar surface area (TPSA) is 116 Å². The Morgan fingerprint density at radius 2 is 1.86 bits per heavy atom. The van der Waals surface area contributed by atoms with E-state index in [4.69, 9.17) is 11.6 Å². The second-order valence-electron chi connectivity index (χ2n) is 8.99. The first-order chi connectivity index (χ1) is 17.0. The molecule has 4 rings (SSSR count). The van der Waals surface area contributed by atoms with E-state index < -0.39 is 27.4 Å². The number of anilines is 1. The molecule has 2 atom stereocenters. The maximum atomic E-state index is 13.2. The van der Waals surface area contributed by atoms with Crippen LogP contribution in [0, 0.1) is 0 Å². The molecule has 2 aromatic carbocycles. The van der Waals surface area contributed by atoms with Gasteiger partial charge >= 0.3 is 5.97 Å². The van der Waals surface area contributed by atoms with Gasteiger partial charge in [-0.15, -0.1) is 11.3 Å². The third-order valence-electron chi connectivity index (χ3n) is 5.99. The summed E-state index contributed by atoms with van der Waals surface area (Å²) in [4.78, 5) is 27.0. The summed E-state index contributed by atoms with van der Waals surface area (Å²) in [6.07, 6.45) is 0.424. The van der Waals surface area contributed by atoms with Crippen LogP contribution in [0.4, 0.5) is 5.69 Å². The molecule has 0 saturated heterocycles. The molecule has 1 fully saturated rings. The predicted octanol–water partition coefficient (Wildman–Crippen LogP) is 4.25. The van der Waals surface area contributed by atoms with Gasteiger partial charge in [-0.3, -0.25) is 9.59 Å². The van der Waals surface area contributed by atoms with Gasteiger partial charge in [0.15, 0.2) is 0 Å². The monoisotopic (exact) mass is 547 g/mol. The number of sulfonamides is 1. The molecule has 2 unspecified atom stereocenters. The van der Waals surface area contributed by atoms with Crippen LogP contribution in [-0.4, -0.2) is 56.5 Å². The minimum atomic E-state index is -4.09. The van der Waals surface area contributed by atoms with Crippen LogP contribution in [0.15, 0.2) is 64.9 Å². The Bertz CT molecular complexity index is 1390. The number of rotatable bonds is 10. The molecule has 1 aliphatic carbocycles. The number of amides is 1. The maximum absolute atomic E-state index is 13.2. The van der Waals surface area contributed by atoms with E-state index >= 15 is 0 Å². The van der Waals surface area contributed by atoms with Crippen LogP contribution in [0.5, 0.6) is 0 Å². The van der Waals surface area contributed by atoms with Gasteiger partial charge in [-0.2, -0.15) is 4.72 Å². The first-order valence-electron chi connectivity index (χ1n) is 11.2. The van der Waals surface area contributed by atoms with Crippen LogP contribution in [0.3, 0.4) is 0 Å². The average Bonchev–Trinajstić information content (AvgIpc) is 3.31. The zero-order chi connectivity index (χ0) is 26.1. The standard InChI is InChI=1S/C25H26ClN3O5S2/c1-29(2)13-12-22(30)27-19-5-3-4-17(14-19)20-15-25(20,24(31)32)28-36(33,34)23-11-10-21(35-23)16-6-8-18(26)9-7-16/h3-11,14,20,28H,12-13,15H2,1-2H3,(H,27,30)(H,31,32). The zero-order valence-corrected chi connectivity index (χ0v) is 22.1. The number of carbonyl (C=O) groups excluding carboxylic acids is 1. The summed E-state index contributed by atoms with van der Waals surface area (Å²) < 4.78 is 28.8. The molecule has 3 N–H and O–H groups in total. The van der Waals surface area contributed by atoms with Crippen molar-refractivity contribution in [1.29, 1.82) is 0 Å². The van der Waals surface area contributed by atoms with E-state index in [9.17, 15) is 23.1 Å². The van der Waals surface area contributed by atoms with Crippen LogP contribution in [0.25, 0.3) is 10.4 Å². The molecule has 8 nitrogen and oxygen atoms in total. The van der Waals surface area contributed by atoms with Crippen molar-refractivity contribution in [1.82, 2.24) is 9.62 Å². The van der Waals surface area contributed by atoms with Crippen molar-refractivity contribution in [3.8, 4) is 10.4 Å². The van der Waals surface area contributed by atoms with Gasteiger partial charge < -0.3 is 15.3 Å². The van der Waals surface area contributed by atoms with Crippen LogP contribution >= 0.6 is 22.9 Å². The highest BCUT2D eigenvalue weighted by Gasteiger charge is 2.63. The Morgan fingerprint density at radius 3 is 2.53 bits per heavy atom. The van der Waals surface area contributed by atoms with E-state index in [1.54, 1.807) is 54.6 Å². The highest BCUT2D eigenvalue weighted by molar-refractivity contribution is 7.91. The lowest BCUT2D eigenvalue weighted by molar-refractivity contribution is -0.140. The Labute approximate surface area is 219 Å². The average molecular weight is 548 g/mol. The second kappa shape index (κ2) is 10.3. The fourth-order valence-electron chi connectivity index (χ4n) is 3.96. The summed E-state index contributed by atoms with van der Waals surface area (Å²) in [5, 5.41) is 13.4. The summed E-state index contributed by atoms with van der Waals surface area (Å²) in [5.74, 6) is -1.97. The number of aliphatic carboxylic acids is 1. The molecule has 1 aromatic heterocycles. The van der Waals surface area contributed by atoms with Crippen LogP contribution < -0.4 is 10.0 Å². The van der Waals surface area contributed by atoms with E-state index in [1.165, 1.54) is 6.07 Å². The first kappa shape index (κ1) is 26.3. The lowest BCUT2D eigenvalue weighted by Crippen LogP contribution is -2.44. The normalized spacial score (nSPS) is 19.3. The number of carboxylic acids is 1. The Balaban J connectivity index is 1.51. The molecule has 1 aliphatic rings. The van der Waals surface area contributed by atoms with Gasteiger partial charge in [0.1, 0.15) is 9.75 Å². The van der Waals surface area contributed by atoms with Crippen LogP contribution in [0.1, 0.15) is 24.3 Å². The SMILES string of the molecule is CN(C)CCC(=O)Nc1cccc(C2CC2(NS(=O)(=O)c2ccc(-c3ccc(Cl)cc3)s2)C(=O)O)c1. The highest BCUT2D eigenvalue weighted by Crippen LogP contribution is 2.53. The number of hydrogen-bond acceptors (Lipinski definition) is 6. The summed E-state index contributed by atoms with van der Waals surface area (Å²) in [5.41, 5.74) is 0.332. The minimum Gasteiger partial charge on any atom is -0.480 e. The number of benzene rings is 2. The molecule has 0 radical (unpaired) electrons. The Kier molecular flexibility index (Phi) is 7.53. The van der Waals surface area contributed by atoms with Gasteiger partial charge in [-0.05, 0) is 68.0 Å². The fraction of sp³-hybridized carbons (Fsp3) is 0.280. The van der Waals surface area contributed by atoms with E-state index in [0.29, 0.717) is 29.2 Å². The third-order valence-corrected chi connectivity index (χ3v) is 9.38. The molecular formula is C25H26ClN3O5S2. The number of carbonyl (C=O) groups is 2. The van der Waals surface area contributed by atoms with Crippen LogP contribution in [0.2, 0.25) is 5.02 Å². The van der Waals surface area contributed by atoms with E-state index in [-0.39, 0.29) is 16.5 Å². The minimum absolute atomic E-state index is 0.0284. The third kappa shape index (κ3) is 5.79. The number of carboxylic acid groups (broad SMARTS) is 1. The molecule has 0 aliphatic heterocycles. The smallest absolute Gasteiger partial charge is 0.325 e. The molecule has 1 amide bonds. The summed E-state index contributed by atoms with van der Waals surface area (Å²) >= 11 is 6.98. The molecule has 0 bridgehead atoms. The van der Waals surface area contributed by atoms with Gasteiger partial charge in [-0.1, -0.05) is 35.9 Å². The van der Waals surface area contributed by atoms with E-state index in [1.807, 2.05) is 19.0 Å². The molecule has 190 valence electrons. The lowest BCUT2D eigenvalue weighted by atomic mass is 10.1. The van der Waals surface area contributed by atoms with Crippen molar-refractivity contribution >= 4 is 50.5 Å². The summed E-state index contributed by atoms with van der Waals surface area (Å²) in [6.45, 7) is 0.598. The Hall–Kier alpha value is -2.76. The van der Waals surface area contributed by atoms with Gasteiger partial charge in [-0.25, -0.2) is 8.42 Å². The van der Waals surface area contributed by atoms with Gasteiger partial charge in [0.05, 0.1) is 0 Å². The second-order valence-corrected chi connectivity index (χ2v) is 12.4. The number of thiophene rings is 1. The number of nitrogens with one attached hydrogen (secondary N) is 2. The zero-order valence-electron chi connectivity index (χ0n) is 19.7. The van der Waals surface area contributed by atoms with Gasteiger partial charge in [0, 0.05) is 34.5 Å². The quantitative estimate of drug-likeness (QED) is 0.349. The van der Waals surface area contributed by atoms with Crippen molar-refractivity contribution in [2.75, 3.05) is 26.0 Å². The fourth-order valence-corrected chi connectivity index (χ4v) is 6.81. The molecule has 11 heteroatoms. The van der Waals surface area contributed by atoms with Crippen molar-refractivity contribution in [2.45, 2.75) is 28.5 Å². The molecule has 3 aromatic rings.